The third-order valence-corrected chi connectivity index (χ3v) is 6.69. The quantitative estimate of drug-likeness (QED) is 0.339. The van der Waals surface area contributed by atoms with E-state index in [1.807, 2.05) is 18.2 Å². The number of aliphatic imine (C=N–C) groups is 1. The molecular weight excluding hydrogens is 434 g/mol. The molecule has 0 radical (unpaired) electrons. The summed E-state index contributed by atoms with van der Waals surface area (Å²) in [5.41, 5.74) is 9.30. The molecule has 0 aliphatic heterocycles. The number of rotatable bonds is 8. The van der Waals surface area contributed by atoms with Crippen LogP contribution in [-0.2, 0) is 11.2 Å². The highest BCUT2D eigenvalue weighted by atomic mass is 16.5. The molecule has 0 fully saturated rings. The molecule has 0 heterocycles. The molecule has 4 rings (SSSR count). The molecule has 1 aliphatic rings. The van der Waals surface area contributed by atoms with E-state index in [0.29, 0.717) is 12.5 Å². The lowest BCUT2D eigenvalue weighted by Crippen LogP contribution is -2.19. The largest absolute Gasteiger partial charge is 0.496 e. The second-order valence-corrected chi connectivity index (χ2v) is 9.66. The lowest BCUT2D eigenvalue weighted by Gasteiger charge is -2.28. The summed E-state index contributed by atoms with van der Waals surface area (Å²) >= 11 is 0. The third-order valence-electron chi connectivity index (χ3n) is 6.69. The molecule has 4 nitrogen and oxygen atoms in total. The summed E-state index contributed by atoms with van der Waals surface area (Å²) in [5, 5.41) is 0. The van der Waals surface area contributed by atoms with Gasteiger partial charge in [-0.05, 0) is 79.5 Å². The van der Waals surface area contributed by atoms with E-state index in [1.54, 1.807) is 14.2 Å². The minimum atomic E-state index is -0.174. The SMILES string of the molecule is COC[C@@H](Oc1ccc2c(c1C(C)C)/C(=N/c1cc(C)c(OC)c(C)c1)CCC2)c1ccccc1. The van der Waals surface area contributed by atoms with Crippen LogP contribution < -0.4 is 9.47 Å². The van der Waals surface area contributed by atoms with Crippen molar-refractivity contribution in [3.05, 3.63) is 88.0 Å². The highest BCUT2D eigenvalue weighted by molar-refractivity contribution is 6.06. The first-order valence-electron chi connectivity index (χ1n) is 12.5. The summed E-state index contributed by atoms with van der Waals surface area (Å²) in [6.45, 7) is 9.13. The maximum absolute atomic E-state index is 6.67. The van der Waals surface area contributed by atoms with Gasteiger partial charge in [-0.25, -0.2) is 0 Å². The van der Waals surface area contributed by atoms with Crippen molar-refractivity contribution in [1.82, 2.24) is 0 Å². The maximum Gasteiger partial charge on any atom is 0.147 e. The van der Waals surface area contributed by atoms with Crippen LogP contribution in [0.4, 0.5) is 5.69 Å². The normalized spacial score (nSPS) is 15.2. The summed E-state index contributed by atoms with van der Waals surface area (Å²) < 4.78 is 17.8. The van der Waals surface area contributed by atoms with E-state index in [-0.39, 0.29) is 6.10 Å². The Morgan fingerprint density at radius 2 is 1.63 bits per heavy atom. The number of hydrogen-bond donors (Lipinski definition) is 0. The fraction of sp³-hybridized carbons (Fsp3) is 0.387. The van der Waals surface area contributed by atoms with Crippen LogP contribution in [0.2, 0.25) is 0 Å². The average molecular weight is 472 g/mol. The Bertz CT molecular complexity index is 1170. The van der Waals surface area contributed by atoms with Crippen LogP contribution in [0.5, 0.6) is 11.5 Å². The van der Waals surface area contributed by atoms with Gasteiger partial charge in [-0.3, -0.25) is 4.99 Å². The number of ether oxygens (including phenoxy) is 3. The Kier molecular flexibility index (Phi) is 7.92. The van der Waals surface area contributed by atoms with E-state index < -0.39 is 0 Å². The van der Waals surface area contributed by atoms with Crippen LogP contribution >= 0.6 is 0 Å². The van der Waals surface area contributed by atoms with Crippen molar-refractivity contribution in [2.45, 2.75) is 59.0 Å². The van der Waals surface area contributed by atoms with Crippen molar-refractivity contribution in [3.63, 3.8) is 0 Å². The van der Waals surface area contributed by atoms with Gasteiger partial charge in [0.2, 0.25) is 0 Å². The standard InChI is InChI=1S/C31H37NO3/c1-20(2)29-27(35-28(19-33-5)23-11-8-7-9-12-23)16-15-24-13-10-14-26(30(24)29)32-25-17-21(3)31(34-6)22(4)18-25/h7-9,11-12,15-18,20,28H,10,13-14,19H2,1-6H3/b32-26+/t28-/m1/s1. The number of fused-ring (bicyclic) bond motifs is 1. The highest BCUT2D eigenvalue weighted by Crippen LogP contribution is 2.39. The Morgan fingerprint density at radius 1 is 0.914 bits per heavy atom. The molecule has 35 heavy (non-hydrogen) atoms. The van der Waals surface area contributed by atoms with Gasteiger partial charge in [0.25, 0.3) is 0 Å². The van der Waals surface area contributed by atoms with Crippen molar-refractivity contribution in [2.75, 3.05) is 20.8 Å². The molecule has 0 spiro atoms. The number of aryl methyl sites for hydroxylation is 3. The minimum absolute atomic E-state index is 0.174. The fourth-order valence-electron chi connectivity index (χ4n) is 5.19. The Labute approximate surface area is 210 Å². The second-order valence-electron chi connectivity index (χ2n) is 9.66. The van der Waals surface area contributed by atoms with Crippen LogP contribution in [0.3, 0.4) is 0 Å². The number of nitrogens with zero attached hydrogens (tertiary/aromatic N) is 1. The summed E-state index contributed by atoms with van der Waals surface area (Å²) in [7, 11) is 3.44. The van der Waals surface area contributed by atoms with E-state index in [1.165, 1.54) is 16.7 Å². The molecule has 1 aliphatic carbocycles. The molecule has 0 unspecified atom stereocenters. The lowest BCUT2D eigenvalue weighted by atomic mass is 9.82. The molecular formula is C31H37NO3. The van der Waals surface area contributed by atoms with Gasteiger partial charge in [-0.2, -0.15) is 0 Å². The zero-order valence-electron chi connectivity index (χ0n) is 21.9. The van der Waals surface area contributed by atoms with Gasteiger partial charge in [0.05, 0.1) is 19.4 Å². The fourth-order valence-corrected chi connectivity index (χ4v) is 5.19. The van der Waals surface area contributed by atoms with Crippen LogP contribution in [-0.4, -0.2) is 26.5 Å². The van der Waals surface area contributed by atoms with Crippen LogP contribution in [0, 0.1) is 13.8 Å². The first-order chi connectivity index (χ1) is 16.9. The molecule has 3 aromatic rings. The zero-order chi connectivity index (χ0) is 24.9. The van der Waals surface area contributed by atoms with E-state index in [9.17, 15) is 0 Å². The Morgan fingerprint density at radius 3 is 2.26 bits per heavy atom. The van der Waals surface area contributed by atoms with Crippen LogP contribution in [0.15, 0.2) is 59.6 Å². The smallest absolute Gasteiger partial charge is 0.147 e. The van der Waals surface area contributed by atoms with Gasteiger partial charge in [0, 0.05) is 23.9 Å². The van der Waals surface area contributed by atoms with Crippen molar-refractivity contribution >= 4 is 11.4 Å². The maximum atomic E-state index is 6.67. The Balaban J connectivity index is 1.80. The number of hydrogen-bond acceptors (Lipinski definition) is 4. The molecule has 184 valence electrons. The molecule has 0 saturated heterocycles. The van der Waals surface area contributed by atoms with Crippen molar-refractivity contribution < 1.29 is 14.2 Å². The van der Waals surface area contributed by atoms with Gasteiger partial charge in [0.15, 0.2) is 0 Å². The molecule has 0 bridgehead atoms. The average Bonchev–Trinajstić information content (AvgIpc) is 2.84. The molecule has 3 aromatic carbocycles. The number of benzene rings is 3. The minimum Gasteiger partial charge on any atom is -0.496 e. The van der Waals surface area contributed by atoms with Gasteiger partial charge >= 0.3 is 0 Å². The molecule has 1 atom stereocenters. The van der Waals surface area contributed by atoms with Crippen LogP contribution in [0.1, 0.15) is 72.1 Å². The van der Waals surface area contributed by atoms with Gasteiger partial charge in [-0.15, -0.1) is 0 Å². The second kappa shape index (κ2) is 11.1. The highest BCUT2D eigenvalue weighted by Gasteiger charge is 2.26. The molecule has 0 amide bonds. The summed E-state index contributed by atoms with van der Waals surface area (Å²) in [6.07, 6.45) is 2.96. The summed E-state index contributed by atoms with van der Waals surface area (Å²) in [5.74, 6) is 2.14. The van der Waals surface area contributed by atoms with Crippen molar-refractivity contribution in [2.24, 2.45) is 4.99 Å². The van der Waals surface area contributed by atoms with Crippen molar-refractivity contribution in [1.29, 1.82) is 0 Å². The summed E-state index contributed by atoms with van der Waals surface area (Å²) in [6, 6.07) is 18.9. The van der Waals surface area contributed by atoms with Gasteiger partial charge in [0.1, 0.15) is 17.6 Å². The lowest BCUT2D eigenvalue weighted by molar-refractivity contribution is 0.0801. The molecule has 0 N–H and O–H groups in total. The first-order valence-corrected chi connectivity index (χ1v) is 12.5. The monoisotopic (exact) mass is 471 g/mol. The Hall–Kier alpha value is -3.11. The number of methoxy groups -OCH3 is 2. The predicted octanol–water partition coefficient (Wildman–Crippen LogP) is 7.66. The zero-order valence-corrected chi connectivity index (χ0v) is 21.9. The van der Waals surface area contributed by atoms with Crippen molar-refractivity contribution in [3.8, 4) is 11.5 Å². The summed E-state index contributed by atoms with van der Waals surface area (Å²) in [4.78, 5) is 5.20. The van der Waals surface area contributed by atoms with E-state index in [2.05, 4.69) is 64.1 Å². The molecule has 0 saturated carbocycles. The van der Waals surface area contributed by atoms with Gasteiger partial charge in [-0.1, -0.05) is 50.2 Å². The third kappa shape index (κ3) is 5.43. The van der Waals surface area contributed by atoms with E-state index in [0.717, 1.165) is 58.9 Å². The topological polar surface area (TPSA) is 40.0 Å². The molecule has 4 heteroatoms. The van der Waals surface area contributed by atoms with Crippen LogP contribution in [0.25, 0.3) is 0 Å². The predicted molar refractivity (Wildman–Crippen MR) is 144 cm³/mol. The van der Waals surface area contributed by atoms with E-state index in [4.69, 9.17) is 19.2 Å². The molecule has 0 aromatic heterocycles. The van der Waals surface area contributed by atoms with E-state index >= 15 is 0 Å². The van der Waals surface area contributed by atoms with Gasteiger partial charge < -0.3 is 14.2 Å². The first kappa shape index (κ1) is 25.0.